The number of amides is 1. The highest BCUT2D eigenvalue weighted by molar-refractivity contribution is 5.80. The summed E-state index contributed by atoms with van der Waals surface area (Å²) in [4.78, 5) is 23.5. The Kier molecular flexibility index (Phi) is 7.75. The zero-order chi connectivity index (χ0) is 17.3. The Morgan fingerprint density at radius 3 is 2.17 bits per heavy atom. The van der Waals surface area contributed by atoms with E-state index < -0.39 is 17.5 Å². The average Bonchev–Trinajstić information content (AvgIpc) is 2.48. The lowest BCUT2D eigenvalue weighted by Gasteiger charge is -2.27. The molecule has 23 heavy (non-hydrogen) atoms. The van der Waals surface area contributed by atoms with Gasteiger partial charge in [0, 0.05) is 6.54 Å². The third-order valence-corrected chi connectivity index (χ3v) is 3.92. The third-order valence-electron chi connectivity index (χ3n) is 3.92. The molecular weight excluding hydrogens is 294 g/mol. The van der Waals surface area contributed by atoms with Crippen molar-refractivity contribution in [1.82, 2.24) is 5.32 Å². The van der Waals surface area contributed by atoms with Crippen LogP contribution in [-0.2, 0) is 9.59 Å². The molecule has 0 radical (unpaired) electrons. The van der Waals surface area contributed by atoms with Crippen molar-refractivity contribution in [3.8, 4) is 0 Å². The normalized spacial score (nSPS) is 12.7. The van der Waals surface area contributed by atoms with E-state index in [1.165, 1.54) is 0 Å². The molecule has 0 aliphatic rings. The van der Waals surface area contributed by atoms with Crippen LogP contribution in [0.15, 0.2) is 30.3 Å². The number of hydrogen-bond acceptors (Lipinski definition) is 3. The smallest absolute Gasteiger partial charge is 0.312 e. The van der Waals surface area contributed by atoms with Crippen LogP contribution in [0, 0.1) is 0 Å². The Hall–Kier alpha value is -1.88. The standard InChI is InChI=1S/C18H27NO4/c1-3-10-18(23,11-4-2)12-16(20)19-13-15(17(21)22)14-8-6-5-7-9-14/h5-9,15,23H,3-4,10-13H2,1-2H3,(H,19,20)(H,21,22). The molecule has 3 N–H and O–H groups in total. The van der Waals surface area contributed by atoms with Gasteiger partial charge in [-0.3, -0.25) is 9.59 Å². The Morgan fingerprint density at radius 1 is 1.13 bits per heavy atom. The number of aliphatic carboxylic acids is 1. The zero-order valence-electron chi connectivity index (χ0n) is 13.9. The fraction of sp³-hybridized carbons (Fsp3) is 0.556. The van der Waals surface area contributed by atoms with Gasteiger partial charge in [0.25, 0.3) is 0 Å². The fourth-order valence-corrected chi connectivity index (χ4v) is 2.84. The Bertz CT molecular complexity index is 495. The van der Waals surface area contributed by atoms with Gasteiger partial charge in [0.2, 0.25) is 5.91 Å². The summed E-state index contributed by atoms with van der Waals surface area (Å²) in [7, 11) is 0. The number of rotatable bonds is 10. The summed E-state index contributed by atoms with van der Waals surface area (Å²) >= 11 is 0. The minimum atomic E-state index is -1.00. The van der Waals surface area contributed by atoms with Crippen molar-refractivity contribution in [2.75, 3.05) is 6.54 Å². The van der Waals surface area contributed by atoms with Crippen LogP contribution in [0.2, 0.25) is 0 Å². The number of carboxylic acid groups (broad SMARTS) is 1. The first kappa shape index (κ1) is 19.2. The number of carbonyl (C=O) groups excluding carboxylic acids is 1. The highest BCUT2D eigenvalue weighted by atomic mass is 16.4. The van der Waals surface area contributed by atoms with Crippen LogP contribution in [0.1, 0.15) is 57.4 Å². The van der Waals surface area contributed by atoms with Crippen molar-refractivity contribution in [3.05, 3.63) is 35.9 Å². The van der Waals surface area contributed by atoms with Crippen LogP contribution in [0.4, 0.5) is 0 Å². The van der Waals surface area contributed by atoms with E-state index in [0.717, 1.165) is 12.8 Å². The highest BCUT2D eigenvalue weighted by Crippen LogP contribution is 2.23. The SMILES string of the molecule is CCCC(O)(CCC)CC(=O)NCC(C(=O)O)c1ccccc1. The maximum atomic E-state index is 12.1. The Labute approximate surface area is 137 Å². The predicted molar refractivity (Wildman–Crippen MR) is 89.2 cm³/mol. The first-order chi connectivity index (χ1) is 10.9. The molecule has 128 valence electrons. The van der Waals surface area contributed by atoms with Gasteiger partial charge in [-0.1, -0.05) is 57.0 Å². The number of carboxylic acids is 1. The van der Waals surface area contributed by atoms with Gasteiger partial charge in [0.15, 0.2) is 0 Å². The molecule has 0 aliphatic heterocycles. The van der Waals surface area contributed by atoms with Gasteiger partial charge in [0.1, 0.15) is 0 Å². The fourth-order valence-electron chi connectivity index (χ4n) is 2.84. The molecular formula is C18H27NO4. The number of benzene rings is 1. The molecule has 0 bridgehead atoms. The topological polar surface area (TPSA) is 86.6 Å². The van der Waals surface area contributed by atoms with Crippen LogP contribution >= 0.6 is 0 Å². The van der Waals surface area contributed by atoms with Crippen molar-refractivity contribution in [2.45, 2.75) is 57.5 Å². The van der Waals surface area contributed by atoms with E-state index in [1.807, 2.05) is 19.9 Å². The van der Waals surface area contributed by atoms with Crippen LogP contribution in [-0.4, -0.2) is 34.2 Å². The van der Waals surface area contributed by atoms with Crippen LogP contribution in [0.25, 0.3) is 0 Å². The van der Waals surface area contributed by atoms with Crippen molar-refractivity contribution < 1.29 is 19.8 Å². The minimum absolute atomic E-state index is 0.00973. The highest BCUT2D eigenvalue weighted by Gasteiger charge is 2.29. The largest absolute Gasteiger partial charge is 0.481 e. The number of aliphatic hydroxyl groups is 1. The molecule has 1 amide bonds. The molecule has 5 nitrogen and oxygen atoms in total. The summed E-state index contributed by atoms with van der Waals surface area (Å²) in [6.07, 6.45) is 2.73. The van der Waals surface area contributed by atoms with Crippen molar-refractivity contribution in [2.24, 2.45) is 0 Å². The van der Waals surface area contributed by atoms with Crippen molar-refractivity contribution >= 4 is 11.9 Å². The number of hydrogen-bond donors (Lipinski definition) is 3. The molecule has 0 aliphatic carbocycles. The van der Waals surface area contributed by atoms with E-state index in [1.54, 1.807) is 24.3 Å². The zero-order valence-corrected chi connectivity index (χ0v) is 13.9. The number of carbonyl (C=O) groups is 2. The van der Waals surface area contributed by atoms with Gasteiger partial charge in [-0.25, -0.2) is 0 Å². The molecule has 0 fully saturated rings. The van der Waals surface area contributed by atoms with Crippen LogP contribution < -0.4 is 5.32 Å². The van der Waals surface area contributed by atoms with Gasteiger partial charge in [-0.2, -0.15) is 0 Å². The summed E-state index contributed by atoms with van der Waals surface area (Å²) in [6.45, 7) is 3.95. The summed E-state index contributed by atoms with van der Waals surface area (Å²) in [5, 5.41) is 22.5. The van der Waals surface area contributed by atoms with E-state index in [9.17, 15) is 19.8 Å². The van der Waals surface area contributed by atoms with Crippen LogP contribution in [0.5, 0.6) is 0 Å². The summed E-state index contributed by atoms with van der Waals surface area (Å²) in [5.41, 5.74) is -0.350. The second-order valence-electron chi connectivity index (χ2n) is 6.01. The molecule has 1 aromatic rings. The second-order valence-corrected chi connectivity index (χ2v) is 6.01. The molecule has 0 saturated carbocycles. The third kappa shape index (κ3) is 6.40. The quantitative estimate of drug-likeness (QED) is 0.618. The second kappa shape index (κ2) is 9.30. The Balaban J connectivity index is 2.64. The first-order valence-electron chi connectivity index (χ1n) is 8.18. The monoisotopic (exact) mass is 321 g/mol. The predicted octanol–water partition coefficient (Wildman–Crippen LogP) is 2.69. The molecule has 1 unspecified atom stereocenters. The molecule has 0 spiro atoms. The van der Waals surface area contributed by atoms with Gasteiger partial charge in [-0.15, -0.1) is 0 Å². The molecule has 5 heteroatoms. The maximum Gasteiger partial charge on any atom is 0.312 e. The van der Waals surface area contributed by atoms with Gasteiger partial charge < -0.3 is 15.5 Å². The lowest BCUT2D eigenvalue weighted by molar-refractivity contribution is -0.138. The van der Waals surface area contributed by atoms with E-state index in [0.29, 0.717) is 18.4 Å². The van der Waals surface area contributed by atoms with Crippen molar-refractivity contribution in [1.29, 1.82) is 0 Å². The van der Waals surface area contributed by atoms with E-state index in [4.69, 9.17) is 0 Å². The minimum Gasteiger partial charge on any atom is -0.481 e. The lowest BCUT2D eigenvalue weighted by Crippen LogP contribution is -2.39. The Morgan fingerprint density at radius 2 is 1.70 bits per heavy atom. The lowest BCUT2D eigenvalue weighted by atomic mass is 9.89. The van der Waals surface area contributed by atoms with E-state index in [-0.39, 0.29) is 18.9 Å². The summed E-state index contributed by atoms with van der Waals surface area (Å²) in [6, 6.07) is 8.82. The van der Waals surface area contributed by atoms with E-state index >= 15 is 0 Å². The molecule has 1 aromatic carbocycles. The number of nitrogens with one attached hydrogen (secondary N) is 1. The summed E-state index contributed by atoms with van der Waals surface area (Å²) < 4.78 is 0. The van der Waals surface area contributed by atoms with Gasteiger partial charge >= 0.3 is 5.97 Å². The summed E-state index contributed by atoms with van der Waals surface area (Å²) in [5.74, 6) is -2.07. The van der Waals surface area contributed by atoms with E-state index in [2.05, 4.69) is 5.32 Å². The van der Waals surface area contributed by atoms with Crippen LogP contribution in [0.3, 0.4) is 0 Å². The molecule has 0 aromatic heterocycles. The molecule has 0 saturated heterocycles. The average molecular weight is 321 g/mol. The molecule has 1 rings (SSSR count). The molecule has 1 atom stereocenters. The maximum absolute atomic E-state index is 12.1. The van der Waals surface area contributed by atoms with Gasteiger partial charge in [0.05, 0.1) is 17.9 Å². The van der Waals surface area contributed by atoms with Crippen molar-refractivity contribution in [3.63, 3.8) is 0 Å². The molecule has 0 heterocycles. The van der Waals surface area contributed by atoms with Gasteiger partial charge in [-0.05, 0) is 18.4 Å². The first-order valence-corrected chi connectivity index (χ1v) is 8.18.